The fourth-order valence-electron chi connectivity index (χ4n) is 3.24. The second-order valence-corrected chi connectivity index (χ2v) is 8.18. The number of rotatable bonds is 9. The average molecular weight is 399 g/mol. The van der Waals surface area contributed by atoms with E-state index in [2.05, 4.69) is 31.3 Å². The summed E-state index contributed by atoms with van der Waals surface area (Å²) < 4.78 is 5.52. The van der Waals surface area contributed by atoms with Crippen LogP contribution in [0.1, 0.15) is 57.6 Å². The molecule has 0 saturated carbocycles. The van der Waals surface area contributed by atoms with Crippen molar-refractivity contribution < 1.29 is 14.3 Å². The van der Waals surface area contributed by atoms with E-state index in [9.17, 15) is 9.59 Å². The van der Waals surface area contributed by atoms with Gasteiger partial charge in [-0.05, 0) is 49.4 Å². The maximum absolute atomic E-state index is 12.5. The van der Waals surface area contributed by atoms with E-state index < -0.39 is 0 Å². The van der Waals surface area contributed by atoms with Crippen LogP contribution in [0.15, 0.2) is 48.3 Å². The van der Waals surface area contributed by atoms with E-state index in [4.69, 9.17) is 4.74 Å². The van der Waals surface area contributed by atoms with Gasteiger partial charge in [0.2, 0.25) is 5.91 Å². The number of amides is 1. The number of carbonyl (C=O) groups excluding carboxylic acids is 2. The lowest BCUT2D eigenvalue weighted by Crippen LogP contribution is -2.39. The van der Waals surface area contributed by atoms with Gasteiger partial charge in [-0.2, -0.15) is 0 Å². The highest BCUT2D eigenvalue weighted by molar-refractivity contribution is 5.94. The molecule has 1 aliphatic heterocycles. The van der Waals surface area contributed by atoms with E-state index in [0.29, 0.717) is 24.3 Å². The lowest BCUT2D eigenvalue weighted by Gasteiger charge is -2.21. The van der Waals surface area contributed by atoms with E-state index in [-0.39, 0.29) is 30.4 Å². The quantitative estimate of drug-likeness (QED) is 0.635. The Morgan fingerprint density at radius 1 is 1.17 bits per heavy atom. The second kappa shape index (κ2) is 10.8. The normalized spacial score (nSPS) is 15.7. The van der Waals surface area contributed by atoms with Crippen LogP contribution in [0.5, 0.6) is 0 Å². The Balaban J connectivity index is 1.86. The van der Waals surface area contributed by atoms with Crippen molar-refractivity contribution in [1.82, 2.24) is 10.2 Å². The molecule has 5 heteroatoms. The van der Waals surface area contributed by atoms with E-state index >= 15 is 0 Å². The molecule has 1 amide bonds. The third-order valence-corrected chi connectivity index (χ3v) is 5.06. The minimum absolute atomic E-state index is 0.113. The molecule has 0 aromatic heterocycles. The van der Waals surface area contributed by atoms with Gasteiger partial charge < -0.3 is 15.0 Å². The number of allylic oxidation sites excluding steroid dienone is 1. The molecule has 29 heavy (non-hydrogen) atoms. The highest BCUT2D eigenvalue weighted by Crippen LogP contribution is 2.19. The van der Waals surface area contributed by atoms with Crippen molar-refractivity contribution in [3.05, 3.63) is 59.4 Å². The molecular weight excluding hydrogens is 364 g/mol. The van der Waals surface area contributed by atoms with E-state index in [1.54, 1.807) is 0 Å². The number of carbonyl (C=O) groups is 2. The molecule has 1 aliphatic rings. The first-order chi connectivity index (χ1) is 13.8. The number of hydrogen-bond donors (Lipinski definition) is 1. The van der Waals surface area contributed by atoms with Crippen molar-refractivity contribution in [3.8, 4) is 0 Å². The average Bonchev–Trinajstić information content (AvgIpc) is 2.70. The molecule has 0 radical (unpaired) electrons. The van der Waals surface area contributed by atoms with Gasteiger partial charge in [0.05, 0.1) is 12.0 Å². The van der Waals surface area contributed by atoms with Crippen molar-refractivity contribution >= 4 is 11.9 Å². The Hall–Kier alpha value is -2.56. The molecule has 0 aliphatic carbocycles. The lowest BCUT2D eigenvalue weighted by atomic mass is 9.97. The first-order valence-corrected chi connectivity index (χ1v) is 10.5. The van der Waals surface area contributed by atoms with Crippen molar-refractivity contribution in [2.24, 2.45) is 5.92 Å². The zero-order valence-corrected chi connectivity index (χ0v) is 18.3. The summed E-state index contributed by atoms with van der Waals surface area (Å²) in [5.74, 6) is -0.117. The maximum atomic E-state index is 12.5. The van der Waals surface area contributed by atoms with E-state index in [1.807, 2.05) is 56.4 Å². The SMILES string of the molecule is CCC(COC(=O)C(C)c1ccc(CC(C)C)cc1)NC(=O)C1=CN(C)C=CC1. The van der Waals surface area contributed by atoms with Crippen LogP contribution in [0.3, 0.4) is 0 Å². The highest BCUT2D eigenvalue weighted by Gasteiger charge is 2.20. The van der Waals surface area contributed by atoms with Gasteiger partial charge in [-0.1, -0.05) is 51.1 Å². The van der Waals surface area contributed by atoms with Gasteiger partial charge in [-0.3, -0.25) is 9.59 Å². The Kier molecular flexibility index (Phi) is 8.50. The molecule has 1 aromatic rings. The van der Waals surface area contributed by atoms with Crippen LogP contribution in [-0.4, -0.2) is 36.5 Å². The lowest BCUT2D eigenvalue weighted by molar-refractivity contribution is -0.146. The zero-order valence-electron chi connectivity index (χ0n) is 18.3. The maximum Gasteiger partial charge on any atom is 0.313 e. The smallest absolute Gasteiger partial charge is 0.313 e. The van der Waals surface area contributed by atoms with Gasteiger partial charge in [0.25, 0.3) is 0 Å². The number of nitrogens with zero attached hydrogens (tertiary/aromatic N) is 1. The third kappa shape index (κ3) is 7.08. The number of nitrogens with one attached hydrogen (secondary N) is 1. The summed E-state index contributed by atoms with van der Waals surface area (Å²) in [6.45, 7) is 8.38. The number of ether oxygens (including phenoxy) is 1. The molecule has 2 rings (SSSR count). The summed E-state index contributed by atoms with van der Waals surface area (Å²) in [6.07, 6.45) is 8.02. The number of esters is 1. The van der Waals surface area contributed by atoms with Gasteiger partial charge in [-0.15, -0.1) is 0 Å². The third-order valence-electron chi connectivity index (χ3n) is 5.06. The van der Waals surface area contributed by atoms with Crippen molar-refractivity contribution in [2.75, 3.05) is 13.7 Å². The molecule has 2 unspecified atom stereocenters. The molecule has 158 valence electrons. The van der Waals surface area contributed by atoms with Crippen molar-refractivity contribution in [2.45, 2.75) is 58.9 Å². The van der Waals surface area contributed by atoms with E-state index in [0.717, 1.165) is 12.0 Å². The summed E-state index contributed by atoms with van der Waals surface area (Å²) in [7, 11) is 1.89. The number of benzene rings is 1. The standard InChI is InChI=1S/C24H34N2O3/c1-6-22(25-23(27)21-8-7-13-26(5)15-21)16-29-24(28)18(4)20-11-9-19(10-12-20)14-17(2)3/h7,9-13,15,17-18,22H,6,8,14,16H2,1-5H3,(H,25,27). The molecule has 5 nitrogen and oxygen atoms in total. The van der Waals surface area contributed by atoms with Gasteiger partial charge in [-0.25, -0.2) is 0 Å². The van der Waals surface area contributed by atoms with Crippen molar-refractivity contribution in [1.29, 1.82) is 0 Å². The van der Waals surface area contributed by atoms with Crippen LogP contribution in [-0.2, 0) is 20.7 Å². The topological polar surface area (TPSA) is 58.6 Å². The summed E-state index contributed by atoms with van der Waals surface area (Å²) in [5, 5.41) is 2.97. The zero-order chi connectivity index (χ0) is 21.4. The van der Waals surface area contributed by atoms with Gasteiger partial charge in [0, 0.05) is 18.8 Å². The minimum atomic E-state index is -0.337. The largest absolute Gasteiger partial charge is 0.463 e. The molecule has 1 aromatic carbocycles. The summed E-state index contributed by atoms with van der Waals surface area (Å²) in [4.78, 5) is 26.8. The van der Waals surface area contributed by atoms with Crippen LogP contribution in [0.25, 0.3) is 0 Å². The predicted octanol–water partition coefficient (Wildman–Crippen LogP) is 4.16. The van der Waals surface area contributed by atoms with Crippen LogP contribution in [0.2, 0.25) is 0 Å². The predicted molar refractivity (Wildman–Crippen MR) is 116 cm³/mol. The van der Waals surface area contributed by atoms with Gasteiger partial charge >= 0.3 is 5.97 Å². The Bertz CT molecular complexity index is 750. The Labute approximate surface area is 174 Å². The minimum Gasteiger partial charge on any atom is -0.463 e. The molecular formula is C24H34N2O3. The first-order valence-electron chi connectivity index (χ1n) is 10.5. The summed E-state index contributed by atoms with van der Waals surface area (Å²) in [5.41, 5.74) is 2.92. The van der Waals surface area contributed by atoms with Gasteiger partial charge in [0.15, 0.2) is 0 Å². The van der Waals surface area contributed by atoms with Crippen molar-refractivity contribution in [3.63, 3.8) is 0 Å². The summed E-state index contributed by atoms with van der Waals surface area (Å²) >= 11 is 0. The molecule has 2 atom stereocenters. The number of hydrogen-bond acceptors (Lipinski definition) is 4. The second-order valence-electron chi connectivity index (χ2n) is 8.18. The molecule has 0 spiro atoms. The Morgan fingerprint density at radius 2 is 1.86 bits per heavy atom. The Morgan fingerprint density at radius 3 is 2.45 bits per heavy atom. The fraction of sp³-hybridized carbons (Fsp3) is 0.500. The molecule has 1 N–H and O–H groups in total. The van der Waals surface area contributed by atoms with Crippen LogP contribution in [0.4, 0.5) is 0 Å². The van der Waals surface area contributed by atoms with Crippen LogP contribution >= 0.6 is 0 Å². The molecule has 0 saturated heterocycles. The summed E-state index contributed by atoms with van der Waals surface area (Å²) in [6, 6.07) is 7.96. The van der Waals surface area contributed by atoms with Crippen LogP contribution < -0.4 is 5.32 Å². The fourth-order valence-corrected chi connectivity index (χ4v) is 3.24. The first kappa shape index (κ1) is 22.7. The highest BCUT2D eigenvalue weighted by atomic mass is 16.5. The van der Waals surface area contributed by atoms with Gasteiger partial charge in [0.1, 0.15) is 6.61 Å². The van der Waals surface area contributed by atoms with Crippen LogP contribution in [0, 0.1) is 5.92 Å². The van der Waals surface area contributed by atoms with E-state index in [1.165, 1.54) is 5.56 Å². The monoisotopic (exact) mass is 398 g/mol. The molecule has 0 bridgehead atoms. The molecule has 0 fully saturated rings. The molecule has 1 heterocycles.